The van der Waals surface area contributed by atoms with Crippen LogP contribution in [-0.4, -0.2) is 72.3 Å². The minimum absolute atomic E-state index is 0.0422. The zero-order chi connectivity index (χ0) is 22.3. The summed E-state index contributed by atoms with van der Waals surface area (Å²) in [7, 11) is -2.18. The molecule has 2 aromatic rings. The SMILES string of the molecule is CCCCOC(C[C@@H](O)n1cnc2c(=O)[nH]c(N)nc21)[C@@H](COC)COS(C)(=O)=O. The number of methoxy groups -OCH3 is 1. The molecule has 12 nitrogen and oxygen atoms in total. The molecule has 4 N–H and O–H groups in total. The monoisotopic (exact) mass is 447 g/mol. The van der Waals surface area contributed by atoms with Crippen LogP contribution in [0.2, 0.25) is 0 Å². The number of aromatic amines is 1. The Labute approximate surface area is 174 Å². The first-order valence-corrected chi connectivity index (χ1v) is 11.3. The number of nitrogens with zero attached hydrogens (tertiary/aromatic N) is 3. The van der Waals surface area contributed by atoms with E-state index in [-0.39, 0.29) is 36.7 Å². The summed E-state index contributed by atoms with van der Waals surface area (Å²) in [5, 5.41) is 10.8. The second kappa shape index (κ2) is 10.8. The zero-order valence-corrected chi connectivity index (χ0v) is 18.1. The molecule has 0 aromatic carbocycles. The van der Waals surface area contributed by atoms with E-state index in [0.29, 0.717) is 6.61 Å². The molecular formula is C17H29N5O7S. The van der Waals surface area contributed by atoms with Gasteiger partial charge in [-0.15, -0.1) is 0 Å². The highest BCUT2D eigenvalue weighted by molar-refractivity contribution is 7.85. The Balaban J connectivity index is 2.26. The number of anilines is 1. The maximum Gasteiger partial charge on any atom is 0.280 e. The summed E-state index contributed by atoms with van der Waals surface area (Å²) >= 11 is 0. The summed E-state index contributed by atoms with van der Waals surface area (Å²) < 4.78 is 40.2. The highest BCUT2D eigenvalue weighted by atomic mass is 32.2. The number of hydrogen-bond acceptors (Lipinski definition) is 10. The first-order valence-electron chi connectivity index (χ1n) is 9.51. The average Bonchev–Trinajstić information content (AvgIpc) is 3.08. The first kappa shape index (κ1) is 24.2. The fourth-order valence-electron chi connectivity index (χ4n) is 2.95. The van der Waals surface area contributed by atoms with Crippen LogP contribution in [0, 0.1) is 5.92 Å². The third-order valence-corrected chi connectivity index (χ3v) is 5.01. The molecule has 13 heteroatoms. The van der Waals surface area contributed by atoms with E-state index in [1.54, 1.807) is 0 Å². The van der Waals surface area contributed by atoms with E-state index in [9.17, 15) is 18.3 Å². The van der Waals surface area contributed by atoms with Crippen LogP contribution in [0.4, 0.5) is 5.95 Å². The molecule has 0 saturated carbocycles. The van der Waals surface area contributed by atoms with Gasteiger partial charge in [-0.25, -0.2) is 4.98 Å². The van der Waals surface area contributed by atoms with Crippen LogP contribution < -0.4 is 11.3 Å². The molecule has 2 heterocycles. The van der Waals surface area contributed by atoms with Crippen LogP contribution in [0.3, 0.4) is 0 Å². The largest absolute Gasteiger partial charge is 0.384 e. The van der Waals surface area contributed by atoms with Crippen molar-refractivity contribution in [3.63, 3.8) is 0 Å². The minimum Gasteiger partial charge on any atom is -0.384 e. The third kappa shape index (κ3) is 6.74. The molecule has 0 bridgehead atoms. The second-order valence-electron chi connectivity index (χ2n) is 6.96. The van der Waals surface area contributed by atoms with Crippen LogP contribution in [0.15, 0.2) is 11.1 Å². The average molecular weight is 448 g/mol. The van der Waals surface area contributed by atoms with Gasteiger partial charge >= 0.3 is 0 Å². The quantitative estimate of drug-likeness (QED) is 0.280. The number of nitrogen functional groups attached to an aromatic ring is 1. The normalized spacial score (nSPS) is 15.3. The highest BCUT2D eigenvalue weighted by Gasteiger charge is 2.28. The Hall–Kier alpha value is -2.06. The molecule has 0 fully saturated rings. The number of fused-ring (bicyclic) bond motifs is 1. The van der Waals surface area contributed by atoms with Gasteiger partial charge in [0.15, 0.2) is 11.2 Å². The number of unbranched alkanes of at least 4 members (excludes halogenated alkanes) is 1. The Bertz CT molecular complexity index is 975. The van der Waals surface area contributed by atoms with Crippen molar-refractivity contribution in [3.05, 3.63) is 16.7 Å². The number of nitrogens with one attached hydrogen (secondary N) is 1. The highest BCUT2D eigenvalue weighted by Crippen LogP contribution is 2.23. The molecule has 2 rings (SSSR count). The zero-order valence-electron chi connectivity index (χ0n) is 17.3. The van der Waals surface area contributed by atoms with Gasteiger partial charge in [-0.05, 0) is 6.42 Å². The number of aromatic nitrogens is 4. The molecular weight excluding hydrogens is 418 g/mol. The van der Waals surface area contributed by atoms with Crippen molar-refractivity contribution < 1.29 is 27.2 Å². The maximum atomic E-state index is 12.0. The molecule has 2 aromatic heterocycles. The number of nitrogens with two attached hydrogens (primary N) is 1. The molecule has 1 unspecified atom stereocenters. The molecule has 0 aliphatic heterocycles. The van der Waals surface area contributed by atoms with Crippen molar-refractivity contribution in [2.75, 3.05) is 38.9 Å². The van der Waals surface area contributed by atoms with Crippen LogP contribution in [0.25, 0.3) is 11.2 Å². The fourth-order valence-corrected chi connectivity index (χ4v) is 3.37. The lowest BCUT2D eigenvalue weighted by Gasteiger charge is -2.28. The fraction of sp³-hybridized carbons (Fsp3) is 0.706. The smallest absolute Gasteiger partial charge is 0.280 e. The van der Waals surface area contributed by atoms with Crippen molar-refractivity contribution in [1.82, 2.24) is 19.5 Å². The lowest BCUT2D eigenvalue weighted by molar-refractivity contribution is -0.0630. The van der Waals surface area contributed by atoms with Crippen LogP contribution >= 0.6 is 0 Å². The molecule has 0 amide bonds. The van der Waals surface area contributed by atoms with Crippen molar-refractivity contribution >= 4 is 27.2 Å². The van der Waals surface area contributed by atoms with Crippen LogP contribution in [-0.2, 0) is 23.8 Å². The van der Waals surface area contributed by atoms with E-state index in [4.69, 9.17) is 19.4 Å². The van der Waals surface area contributed by atoms with Gasteiger partial charge < -0.3 is 20.3 Å². The minimum atomic E-state index is -3.66. The van der Waals surface area contributed by atoms with Gasteiger partial charge in [-0.2, -0.15) is 13.4 Å². The summed E-state index contributed by atoms with van der Waals surface area (Å²) in [5.41, 5.74) is 5.26. The second-order valence-corrected chi connectivity index (χ2v) is 8.60. The van der Waals surface area contributed by atoms with Gasteiger partial charge in [-0.1, -0.05) is 13.3 Å². The summed E-state index contributed by atoms with van der Waals surface area (Å²) in [6, 6.07) is 0. The standard InChI is InChI=1S/C17H29N5O7S/c1-4-5-6-28-12(11(8-27-2)9-29-30(3,25)26)7-13(23)22-10-19-14-15(22)20-17(18)21-16(14)24/h10-13,23H,4-9H2,1-3H3,(H3,18,20,21,24)/t11-,12?,13+/m0/s1. The number of ether oxygens (including phenoxy) is 2. The number of rotatable bonds is 13. The predicted octanol–water partition coefficient (Wildman–Crippen LogP) is 0.00690. The van der Waals surface area contributed by atoms with Gasteiger partial charge in [0.2, 0.25) is 5.95 Å². The summed E-state index contributed by atoms with van der Waals surface area (Å²) in [4.78, 5) is 22.3. The molecule has 0 saturated heterocycles. The van der Waals surface area contributed by atoms with E-state index < -0.39 is 33.9 Å². The van der Waals surface area contributed by atoms with Crippen LogP contribution in [0.5, 0.6) is 0 Å². The Kier molecular flexibility index (Phi) is 8.73. The van der Waals surface area contributed by atoms with Crippen molar-refractivity contribution in [2.45, 2.75) is 38.5 Å². The van der Waals surface area contributed by atoms with E-state index in [0.717, 1.165) is 19.1 Å². The van der Waals surface area contributed by atoms with Crippen molar-refractivity contribution in [2.24, 2.45) is 5.92 Å². The van der Waals surface area contributed by atoms with E-state index >= 15 is 0 Å². The number of aliphatic hydroxyl groups excluding tert-OH is 1. The van der Waals surface area contributed by atoms with Crippen LogP contribution in [0.1, 0.15) is 32.4 Å². The van der Waals surface area contributed by atoms with Gasteiger partial charge in [0, 0.05) is 26.1 Å². The van der Waals surface area contributed by atoms with E-state index in [1.165, 1.54) is 18.0 Å². The maximum absolute atomic E-state index is 12.0. The van der Waals surface area contributed by atoms with Gasteiger partial charge in [0.1, 0.15) is 6.23 Å². The lowest BCUT2D eigenvalue weighted by Crippen LogP contribution is -2.34. The Morgan fingerprint density at radius 2 is 2.10 bits per heavy atom. The topological polar surface area (TPSA) is 172 Å². The van der Waals surface area contributed by atoms with Gasteiger partial charge in [0.05, 0.1) is 31.9 Å². The molecule has 30 heavy (non-hydrogen) atoms. The lowest BCUT2D eigenvalue weighted by atomic mass is 10.0. The molecule has 0 radical (unpaired) electrons. The predicted molar refractivity (Wildman–Crippen MR) is 109 cm³/mol. The van der Waals surface area contributed by atoms with Crippen molar-refractivity contribution in [1.29, 1.82) is 0 Å². The molecule has 170 valence electrons. The van der Waals surface area contributed by atoms with Gasteiger partial charge in [-0.3, -0.25) is 18.5 Å². The molecule has 0 aliphatic carbocycles. The summed E-state index contributed by atoms with van der Waals surface area (Å²) in [5.74, 6) is -0.566. The van der Waals surface area contributed by atoms with E-state index in [2.05, 4.69) is 15.0 Å². The third-order valence-electron chi connectivity index (χ3n) is 4.45. The van der Waals surface area contributed by atoms with Gasteiger partial charge in [0.25, 0.3) is 15.7 Å². The molecule has 3 atom stereocenters. The Morgan fingerprint density at radius 3 is 2.73 bits per heavy atom. The first-order chi connectivity index (χ1) is 14.2. The Morgan fingerprint density at radius 1 is 1.37 bits per heavy atom. The number of hydrogen-bond donors (Lipinski definition) is 3. The van der Waals surface area contributed by atoms with Crippen molar-refractivity contribution in [3.8, 4) is 0 Å². The number of imidazole rings is 1. The number of aliphatic hydroxyl groups is 1. The summed E-state index contributed by atoms with van der Waals surface area (Å²) in [6.07, 6.45) is 2.26. The summed E-state index contributed by atoms with van der Waals surface area (Å²) in [6.45, 7) is 2.43. The van der Waals surface area contributed by atoms with E-state index in [1.807, 2.05) is 6.92 Å². The molecule has 0 aliphatic rings. The molecule has 0 spiro atoms. The number of H-pyrrole nitrogens is 1.